The van der Waals surface area contributed by atoms with Gasteiger partial charge in [-0.05, 0) is 84.2 Å². The molecule has 10 radical (unpaired) electrons. The van der Waals surface area contributed by atoms with E-state index in [-0.39, 0.29) is 17.1 Å². The van der Waals surface area contributed by atoms with E-state index < -0.39 is 0 Å². The molecule has 2 fully saturated rings. The summed E-state index contributed by atoms with van der Waals surface area (Å²) in [6.07, 6.45) is 19.6. The molecule has 1 atom stereocenters. The Morgan fingerprint density at radius 2 is 1.47 bits per heavy atom. The average Bonchev–Trinajstić information content (AvgIpc) is 2.88. The quantitative estimate of drug-likeness (QED) is 0.693. The molecule has 2 rings (SSSR count). The fourth-order valence-corrected chi connectivity index (χ4v) is 2.22. The van der Waals surface area contributed by atoms with Crippen LogP contribution in [0.15, 0.2) is 0 Å². The third kappa shape index (κ3) is 4.58. The first-order valence-corrected chi connectivity index (χ1v) is 5.86. The SMILES string of the molecule is CN(C)[C@H](CC[C]1[CH][CH][CH][CH]1)[C]1[CH][CH][CH][CH]1.[Fe+2]. The van der Waals surface area contributed by atoms with Gasteiger partial charge in [0.05, 0.1) is 0 Å². The minimum absolute atomic E-state index is 0. The normalized spacial score (nSPS) is 24.2. The fraction of sp³-hybridized carbons (Fsp3) is 0.333. The molecule has 0 aliphatic heterocycles. The van der Waals surface area contributed by atoms with Crippen LogP contribution in [0.4, 0.5) is 0 Å². The predicted molar refractivity (Wildman–Crippen MR) is 67.6 cm³/mol. The molecule has 2 heteroatoms. The fourth-order valence-electron chi connectivity index (χ4n) is 2.22. The maximum Gasteiger partial charge on any atom is 2.00 e. The van der Waals surface area contributed by atoms with Crippen molar-refractivity contribution >= 4 is 0 Å². The van der Waals surface area contributed by atoms with Crippen molar-refractivity contribution < 1.29 is 17.1 Å². The summed E-state index contributed by atoms with van der Waals surface area (Å²) in [5.41, 5.74) is 0. The standard InChI is InChI=1S/C15H19N.Fe/c1-16(2)15(14-9-5-6-10-14)12-11-13-7-3-4-8-13;/h3-10,15H,11-12H2,1-2H3;/q;+2/t15-;/m1./s1. The van der Waals surface area contributed by atoms with Crippen LogP contribution in [0, 0.1) is 63.2 Å². The van der Waals surface area contributed by atoms with Crippen LogP contribution in [0.5, 0.6) is 0 Å². The van der Waals surface area contributed by atoms with Gasteiger partial charge in [0.2, 0.25) is 0 Å². The Labute approximate surface area is 118 Å². The van der Waals surface area contributed by atoms with Crippen molar-refractivity contribution in [2.75, 3.05) is 14.1 Å². The van der Waals surface area contributed by atoms with Gasteiger partial charge in [0, 0.05) is 12.0 Å². The second kappa shape index (κ2) is 7.81. The molecule has 0 aromatic heterocycles. The van der Waals surface area contributed by atoms with Gasteiger partial charge in [0.1, 0.15) is 0 Å². The first-order valence-electron chi connectivity index (χ1n) is 5.86. The van der Waals surface area contributed by atoms with E-state index in [1.54, 1.807) is 0 Å². The van der Waals surface area contributed by atoms with E-state index in [9.17, 15) is 0 Å². The van der Waals surface area contributed by atoms with E-state index in [1.165, 1.54) is 18.3 Å². The Bertz CT molecular complexity index is 193. The van der Waals surface area contributed by atoms with Crippen molar-refractivity contribution in [2.24, 2.45) is 0 Å². The predicted octanol–water partition coefficient (Wildman–Crippen LogP) is 2.50. The molecule has 17 heavy (non-hydrogen) atoms. The van der Waals surface area contributed by atoms with Crippen LogP contribution in [0.2, 0.25) is 0 Å². The zero-order chi connectivity index (χ0) is 11.4. The molecule has 2 saturated carbocycles. The maximum atomic E-state index is 2.30. The molecule has 0 aromatic rings. The van der Waals surface area contributed by atoms with E-state index >= 15 is 0 Å². The van der Waals surface area contributed by atoms with Crippen molar-refractivity contribution in [3.05, 3.63) is 63.2 Å². The summed E-state index contributed by atoms with van der Waals surface area (Å²) in [7, 11) is 4.31. The minimum Gasteiger partial charge on any atom is -0.306 e. The molecule has 0 aromatic carbocycles. The van der Waals surface area contributed by atoms with Crippen LogP contribution in [0.3, 0.4) is 0 Å². The molecule has 0 unspecified atom stereocenters. The maximum absolute atomic E-state index is 2.30. The summed E-state index contributed by atoms with van der Waals surface area (Å²) in [6.45, 7) is 0. The number of rotatable bonds is 5. The monoisotopic (exact) mass is 269 g/mol. The van der Waals surface area contributed by atoms with Crippen molar-refractivity contribution in [3.63, 3.8) is 0 Å². The van der Waals surface area contributed by atoms with E-state index in [1.807, 2.05) is 0 Å². The number of hydrogen-bond acceptors (Lipinski definition) is 1. The third-order valence-electron chi connectivity index (χ3n) is 3.13. The molecule has 0 heterocycles. The van der Waals surface area contributed by atoms with Crippen molar-refractivity contribution in [1.82, 2.24) is 4.90 Å². The van der Waals surface area contributed by atoms with Gasteiger partial charge in [-0.1, -0.05) is 0 Å². The second-order valence-corrected chi connectivity index (χ2v) is 4.53. The topological polar surface area (TPSA) is 3.24 Å². The van der Waals surface area contributed by atoms with Gasteiger partial charge in [0.25, 0.3) is 0 Å². The molecular weight excluding hydrogens is 250 g/mol. The van der Waals surface area contributed by atoms with E-state index in [4.69, 9.17) is 0 Å². The van der Waals surface area contributed by atoms with Crippen molar-refractivity contribution in [2.45, 2.75) is 18.9 Å². The van der Waals surface area contributed by atoms with Crippen LogP contribution in [-0.2, 0) is 17.1 Å². The average molecular weight is 269 g/mol. The van der Waals surface area contributed by atoms with Gasteiger partial charge in [-0.15, -0.1) is 0 Å². The largest absolute Gasteiger partial charge is 2.00 e. The van der Waals surface area contributed by atoms with Gasteiger partial charge < -0.3 is 4.90 Å². The Kier molecular flexibility index (Phi) is 7.14. The summed E-state index contributed by atoms with van der Waals surface area (Å²) in [6, 6.07) is 0.532. The van der Waals surface area contributed by atoms with Crippen LogP contribution in [-0.4, -0.2) is 25.0 Å². The Morgan fingerprint density at radius 3 is 2.00 bits per heavy atom. The number of nitrogens with zero attached hydrogens (tertiary/aromatic N) is 1. The van der Waals surface area contributed by atoms with Gasteiger partial charge in [-0.25, -0.2) is 0 Å². The Hall–Kier alpha value is 0.479. The Balaban J connectivity index is 0.00000144. The first-order chi connectivity index (χ1) is 7.77. The van der Waals surface area contributed by atoms with Crippen LogP contribution >= 0.6 is 0 Å². The molecule has 90 valence electrons. The molecule has 2 aliphatic rings. The summed E-state index contributed by atoms with van der Waals surface area (Å²) in [5.74, 6) is 2.87. The summed E-state index contributed by atoms with van der Waals surface area (Å²) < 4.78 is 0. The molecular formula is C15H19FeN+2. The molecule has 1 nitrogen and oxygen atoms in total. The zero-order valence-corrected chi connectivity index (χ0v) is 11.5. The summed E-state index contributed by atoms with van der Waals surface area (Å²) >= 11 is 0. The van der Waals surface area contributed by atoms with Crippen molar-refractivity contribution in [1.29, 1.82) is 0 Å². The van der Waals surface area contributed by atoms with Gasteiger partial charge >= 0.3 is 17.1 Å². The Morgan fingerprint density at radius 1 is 0.941 bits per heavy atom. The summed E-state index contributed by atoms with van der Waals surface area (Å²) in [4.78, 5) is 2.30. The summed E-state index contributed by atoms with van der Waals surface area (Å²) in [5, 5.41) is 0. The molecule has 0 bridgehead atoms. The third-order valence-corrected chi connectivity index (χ3v) is 3.13. The van der Waals surface area contributed by atoms with Gasteiger partial charge in [0.15, 0.2) is 0 Å². The molecule has 0 N–H and O–H groups in total. The number of hydrogen-bond donors (Lipinski definition) is 0. The van der Waals surface area contributed by atoms with Gasteiger partial charge in [-0.2, -0.15) is 0 Å². The smallest absolute Gasteiger partial charge is 0.306 e. The second-order valence-electron chi connectivity index (χ2n) is 4.53. The van der Waals surface area contributed by atoms with E-state index in [0.29, 0.717) is 6.04 Å². The van der Waals surface area contributed by atoms with Crippen molar-refractivity contribution in [3.8, 4) is 0 Å². The molecule has 0 spiro atoms. The first kappa shape index (κ1) is 15.5. The zero-order valence-electron chi connectivity index (χ0n) is 10.4. The van der Waals surface area contributed by atoms with E-state index in [0.717, 1.165) is 6.42 Å². The molecule has 2 aliphatic carbocycles. The molecule has 0 amide bonds. The van der Waals surface area contributed by atoms with Crippen LogP contribution in [0.25, 0.3) is 0 Å². The van der Waals surface area contributed by atoms with Crippen LogP contribution in [0.1, 0.15) is 12.8 Å². The molecule has 0 saturated heterocycles. The van der Waals surface area contributed by atoms with E-state index in [2.05, 4.69) is 70.4 Å². The van der Waals surface area contributed by atoms with Crippen LogP contribution < -0.4 is 0 Å². The van der Waals surface area contributed by atoms with Gasteiger partial charge in [-0.3, -0.25) is 0 Å². The minimum atomic E-state index is 0.